The van der Waals surface area contributed by atoms with Crippen LogP contribution < -0.4 is 11.3 Å². The van der Waals surface area contributed by atoms with Crippen molar-refractivity contribution in [1.29, 1.82) is 0 Å². The molecule has 0 saturated carbocycles. The number of nitrogen functional groups attached to an aromatic ring is 1. The summed E-state index contributed by atoms with van der Waals surface area (Å²) in [6.07, 6.45) is 1.52. The van der Waals surface area contributed by atoms with Gasteiger partial charge in [-0.3, -0.25) is 16.0 Å². The van der Waals surface area contributed by atoms with E-state index in [0.29, 0.717) is 18.7 Å². The zero-order valence-electron chi connectivity index (χ0n) is 12.1. The van der Waals surface area contributed by atoms with Crippen LogP contribution in [-0.2, 0) is 10.0 Å². The first-order valence-electron chi connectivity index (χ1n) is 6.63. The van der Waals surface area contributed by atoms with Gasteiger partial charge in [0.25, 0.3) is 5.69 Å². The summed E-state index contributed by atoms with van der Waals surface area (Å²) >= 11 is 0. The molecule has 0 aliphatic carbocycles. The Morgan fingerprint density at radius 3 is 2.52 bits per heavy atom. The third kappa shape index (κ3) is 3.90. The number of sulfonamides is 1. The quantitative estimate of drug-likeness (QED) is 0.428. The Labute approximate surface area is 124 Å². The molecule has 0 fully saturated rings. The Balaban J connectivity index is 3.36. The van der Waals surface area contributed by atoms with E-state index in [1.807, 2.05) is 6.92 Å². The Bertz CT molecular complexity index is 603. The monoisotopic (exact) mass is 316 g/mol. The maximum absolute atomic E-state index is 12.6. The third-order valence-electron chi connectivity index (χ3n) is 3.05. The zero-order valence-corrected chi connectivity index (χ0v) is 12.9. The summed E-state index contributed by atoms with van der Waals surface area (Å²) in [7, 11) is -3.94. The SMILES string of the molecule is CCCCN(CC)S(=O)(=O)c1cc(NN)ccc1[N+](=O)[O-]. The van der Waals surface area contributed by atoms with Gasteiger partial charge in [-0.05, 0) is 18.6 Å². The number of hydrazine groups is 1. The maximum atomic E-state index is 12.6. The minimum absolute atomic E-state index is 0.250. The molecule has 1 rings (SSSR count). The van der Waals surface area contributed by atoms with Gasteiger partial charge in [0.15, 0.2) is 4.90 Å². The second-order valence-corrected chi connectivity index (χ2v) is 6.34. The molecule has 0 aromatic heterocycles. The van der Waals surface area contributed by atoms with E-state index in [0.717, 1.165) is 12.5 Å². The van der Waals surface area contributed by atoms with Gasteiger partial charge in [-0.2, -0.15) is 4.31 Å². The van der Waals surface area contributed by atoms with E-state index in [4.69, 9.17) is 5.84 Å². The molecular weight excluding hydrogens is 296 g/mol. The van der Waals surface area contributed by atoms with E-state index in [-0.39, 0.29) is 11.4 Å². The molecule has 0 saturated heterocycles. The summed E-state index contributed by atoms with van der Waals surface area (Å²) in [6, 6.07) is 3.68. The molecule has 0 amide bonds. The van der Waals surface area contributed by atoms with Crippen LogP contribution in [-0.4, -0.2) is 30.7 Å². The summed E-state index contributed by atoms with van der Waals surface area (Å²) in [4.78, 5) is 10.0. The fraction of sp³-hybridized carbons (Fsp3) is 0.500. The third-order valence-corrected chi connectivity index (χ3v) is 5.06. The number of nitro benzene ring substituents is 1. The number of hydrogen-bond donors (Lipinski definition) is 2. The van der Waals surface area contributed by atoms with Crippen LogP contribution in [0.25, 0.3) is 0 Å². The first-order chi connectivity index (χ1) is 9.88. The van der Waals surface area contributed by atoms with Gasteiger partial charge < -0.3 is 5.43 Å². The van der Waals surface area contributed by atoms with Crippen LogP contribution in [0.5, 0.6) is 0 Å². The summed E-state index contributed by atoms with van der Waals surface area (Å²) < 4.78 is 26.5. The molecule has 0 radical (unpaired) electrons. The molecule has 1 aromatic carbocycles. The van der Waals surface area contributed by atoms with Crippen LogP contribution in [0.2, 0.25) is 0 Å². The highest BCUT2D eigenvalue weighted by atomic mass is 32.2. The van der Waals surface area contributed by atoms with Crippen molar-refractivity contribution in [2.24, 2.45) is 5.84 Å². The average Bonchev–Trinajstić information content (AvgIpc) is 2.47. The van der Waals surface area contributed by atoms with Crippen molar-refractivity contribution in [3.05, 3.63) is 28.3 Å². The number of unbranched alkanes of at least 4 members (excludes halogenated alkanes) is 1. The molecule has 118 valence electrons. The number of nitrogens with one attached hydrogen (secondary N) is 1. The van der Waals surface area contributed by atoms with Gasteiger partial charge in [0.1, 0.15) is 0 Å². The van der Waals surface area contributed by atoms with Crippen LogP contribution in [0.4, 0.5) is 11.4 Å². The minimum Gasteiger partial charge on any atom is -0.324 e. The van der Waals surface area contributed by atoms with Crippen molar-refractivity contribution in [2.75, 3.05) is 18.5 Å². The van der Waals surface area contributed by atoms with E-state index in [1.54, 1.807) is 6.92 Å². The molecular formula is C12H20N4O4S. The lowest BCUT2D eigenvalue weighted by atomic mass is 10.3. The topological polar surface area (TPSA) is 119 Å². The van der Waals surface area contributed by atoms with Gasteiger partial charge in [0, 0.05) is 19.2 Å². The molecule has 3 N–H and O–H groups in total. The van der Waals surface area contributed by atoms with Crippen molar-refractivity contribution < 1.29 is 13.3 Å². The molecule has 0 aliphatic heterocycles. The fourth-order valence-electron chi connectivity index (χ4n) is 1.88. The van der Waals surface area contributed by atoms with E-state index >= 15 is 0 Å². The number of rotatable bonds is 8. The van der Waals surface area contributed by atoms with E-state index in [1.165, 1.54) is 16.4 Å². The lowest BCUT2D eigenvalue weighted by Crippen LogP contribution is -2.32. The molecule has 21 heavy (non-hydrogen) atoms. The molecule has 0 bridgehead atoms. The van der Waals surface area contributed by atoms with Crippen molar-refractivity contribution >= 4 is 21.4 Å². The van der Waals surface area contributed by atoms with Crippen molar-refractivity contribution in [2.45, 2.75) is 31.6 Å². The molecule has 0 aliphatic rings. The number of anilines is 1. The second kappa shape index (κ2) is 7.34. The molecule has 0 atom stereocenters. The van der Waals surface area contributed by atoms with E-state index < -0.39 is 20.6 Å². The molecule has 0 unspecified atom stereocenters. The van der Waals surface area contributed by atoms with Gasteiger partial charge in [-0.15, -0.1) is 0 Å². The van der Waals surface area contributed by atoms with Crippen molar-refractivity contribution in [3.63, 3.8) is 0 Å². The van der Waals surface area contributed by atoms with E-state index in [2.05, 4.69) is 5.43 Å². The molecule has 0 heterocycles. The van der Waals surface area contributed by atoms with Crippen LogP contribution >= 0.6 is 0 Å². The van der Waals surface area contributed by atoms with Gasteiger partial charge >= 0.3 is 0 Å². The lowest BCUT2D eigenvalue weighted by Gasteiger charge is -2.20. The molecule has 1 aromatic rings. The summed E-state index contributed by atoms with van der Waals surface area (Å²) in [6.45, 7) is 4.22. The highest BCUT2D eigenvalue weighted by Gasteiger charge is 2.30. The smallest absolute Gasteiger partial charge is 0.289 e. The highest BCUT2D eigenvalue weighted by molar-refractivity contribution is 7.89. The van der Waals surface area contributed by atoms with Gasteiger partial charge in [0.05, 0.1) is 10.6 Å². The average molecular weight is 316 g/mol. The van der Waals surface area contributed by atoms with Gasteiger partial charge in [0.2, 0.25) is 10.0 Å². The maximum Gasteiger partial charge on any atom is 0.289 e. The zero-order chi connectivity index (χ0) is 16.0. The highest BCUT2D eigenvalue weighted by Crippen LogP contribution is 2.29. The van der Waals surface area contributed by atoms with Crippen molar-refractivity contribution in [1.82, 2.24) is 4.31 Å². The van der Waals surface area contributed by atoms with Crippen LogP contribution in [0.3, 0.4) is 0 Å². The normalized spacial score (nSPS) is 11.6. The molecule has 8 nitrogen and oxygen atoms in total. The first kappa shape index (κ1) is 17.3. The summed E-state index contributed by atoms with van der Waals surface area (Å²) in [5.41, 5.74) is 2.14. The van der Waals surface area contributed by atoms with Gasteiger partial charge in [-0.25, -0.2) is 8.42 Å². The number of nitro groups is 1. The molecule has 0 spiro atoms. The second-order valence-electron chi connectivity index (χ2n) is 4.43. The van der Waals surface area contributed by atoms with Crippen LogP contribution in [0, 0.1) is 10.1 Å². The largest absolute Gasteiger partial charge is 0.324 e. The molecule has 9 heteroatoms. The number of nitrogens with zero attached hydrogens (tertiary/aromatic N) is 2. The number of nitrogens with two attached hydrogens (primary N) is 1. The minimum atomic E-state index is -3.94. The predicted octanol–water partition coefficient (Wildman–Crippen LogP) is 1.69. The van der Waals surface area contributed by atoms with Crippen LogP contribution in [0.15, 0.2) is 23.1 Å². The van der Waals surface area contributed by atoms with E-state index in [9.17, 15) is 18.5 Å². The summed E-state index contributed by atoms with van der Waals surface area (Å²) in [5.74, 6) is 5.25. The first-order valence-corrected chi connectivity index (χ1v) is 8.07. The Hall–Kier alpha value is -1.71. The Kier molecular flexibility index (Phi) is 6.06. The predicted molar refractivity (Wildman–Crippen MR) is 80.2 cm³/mol. The summed E-state index contributed by atoms with van der Waals surface area (Å²) in [5, 5.41) is 11.1. The van der Waals surface area contributed by atoms with Crippen LogP contribution in [0.1, 0.15) is 26.7 Å². The fourth-order valence-corrected chi connectivity index (χ4v) is 3.55. The number of benzene rings is 1. The number of hydrogen-bond acceptors (Lipinski definition) is 6. The standard InChI is InChI=1S/C12H20N4O4S/c1-3-5-8-15(4-2)21(19,20)12-9-10(14-13)6-7-11(12)16(17)18/h6-7,9,14H,3-5,8,13H2,1-2H3. The Morgan fingerprint density at radius 1 is 1.38 bits per heavy atom. The lowest BCUT2D eigenvalue weighted by molar-refractivity contribution is -0.387. The Morgan fingerprint density at radius 2 is 2.05 bits per heavy atom. The van der Waals surface area contributed by atoms with Gasteiger partial charge in [-0.1, -0.05) is 20.3 Å². The van der Waals surface area contributed by atoms with Crippen molar-refractivity contribution in [3.8, 4) is 0 Å².